The van der Waals surface area contributed by atoms with Gasteiger partial charge in [-0.2, -0.15) is 4.91 Å². The number of halogens is 3. The van der Waals surface area contributed by atoms with Gasteiger partial charge in [0, 0.05) is 25.2 Å². The Balaban J connectivity index is 1.75. The molecule has 0 radical (unpaired) electrons. The fourth-order valence-electron chi connectivity index (χ4n) is 3.41. The molecule has 152 valence electrons. The number of fused-ring (bicyclic) bond motifs is 1. The van der Waals surface area contributed by atoms with Crippen molar-refractivity contribution in [2.45, 2.75) is 31.7 Å². The molecule has 1 aromatic carbocycles. The number of imidazole rings is 1. The summed E-state index contributed by atoms with van der Waals surface area (Å²) in [6, 6.07) is 1.42. The number of piperidine rings is 1. The maximum absolute atomic E-state index is 13.9. The van der Waals surface area contributed by atoms with Gasteiger partial charge in [-0.25, -0.2) is 18.2 Å². The molecular weight excluding hydrogens is 387 g/mol. The number of anilines is 1. The fourth-order valence-corrected chi connectivity index (χ4v) is 3.41. The molecule has 11 heteroatoms. The Hall–Kier alpha value is -3.08. The first-order valence-electron chi connectivity index (χ1n) is 9.05. The van der Waals surface area contributed by atoms with Gasteiger partial charge in [0.1, 0.15) is 12.7 Å². The van der Waals surface area contributed by atoms with Gasteiger partial charge in [0.25, 0.3) is 0 Å². The van der Waals surface area contributed by atoms with Crippen molar-refractivity contribution in [1.29, 1.82) is 0 Å². The van der Waals surface area contributed by atoms with Crippen molar-refractivity contribution in [2.75, 3.05) is 18.0 Å². The minimum atomic E-state index is -1.11. The molecule has 3 heterocycles. The van der Waals surface area contributed by atoms with Gasteiger partial charge in [-0.3, -0.25) is 9.97 Å². The molecule has 29 heavy (non-hydrogen) atoms. The molecule has 4 rings (SSSR count). The summed E-state index contributed by atoms with van der Waals surface area (Å²) in [4.78, 5) is 25.0. The van der Waals surface area contributed by atoms with Crippen molar-refractivity contribution in [1.82, 2.24) is 19.5 Å². The Morgan fingerprint density at radius 1 is 1.17 bits per heavy atom. The molecule has 2 atom stereocenters. The molecule has 1 aliphatic heterocycles. The van der Waals surface area contributed by atoms with E-state index in [0.29, 0.717) is 29.4 Å². The minimum absolute atomic E-state index is 0.0902. The van der Waals surface area contributed by atoms with Crippen LogP contribution >= 0.6 is 0 Å². The number of nitroso groups, excluding NO2 is 1. The average Bonchev–Trinajstić information content (AvgIpc) is 3.03. The Morgan fingerprint density at radius 3 is 2.59 bits per heavy atom. The summed E-state index contributed by atoms with van der Waals surface area (Å²) in [6.07, 6.45) is 2.04. The molecular formula is C18H18F3N7O. The van der Waals surface area contributed by atoms with Crippen LogP contribution in [0.1, 0.15) is 17.8 Å². The minimum Gasteiger partial charge on any atom is -0.340 e. The van der Waals surface area contributed by atoms with Crippen LogP contribution in [0.15, 0.2) is 29.7 Å². The summed E-state index contributed by atoms with van der Waals surface area (Å²) >= 11 is 0. The number of hydrogen-bond acceptors (Lipinski definition) is 7. The molecule has 1 fully saturated rings. The van der Waals surface area contributed by atoms with E-state index in [1.807, 2.05) is 0 Å². The number of nitrogens with two attached hydrogens (primary N) is 1. The van der Waals surface area contributed by atoms with E-state index in [1.54, 1.807) is 9.47 Å². The highest BCUT2D eigenvalue weighted by Gasteiger charge is 2.29. The van der Waals surface area contributed by atoms with Gasteiger partial charge in [-0.15, -0.1) is 0 Å². The SMILES string of the molecule is N[C@@H]1CN(c2nc3cc(F)c(F)cc3n2Cc2cnc(CN=O)cn2)CC[C@H]1F. The van der Waals surface area contributed by atoms with E-state index in [-0.39, 0.29) is 31.6 Å². The van der Waals surface area contributed by atoms with E-state index in [9.17, 15) is 18.1 Å². The topological polar surface area (TPSA) is 102 Å². The number of nitrogens with zero attached hydrogens (tertiary/aromatic N) is 6. The number of benzene rings is 1. The maximum Gasteiger partial charge on any atom is 0.206 e. The monoisotopic (exact) mass is 405 g/mol. The van der Waals surface area contributed by atoms with Crippen LogP contribution in [0.4, 0.5) is 19.1 Å². The zero-order valence-corrected chi connectivity index (χ0v) is 15.3. The van der Waals surface area contributed by atoms with Crippen molar-refractivity contribution in [2.24, 2.45) is 10.9 Å². The first-order chi connectivity index (χ1) is 14.0. The standard InChI is InChI=1S/C18H18F3N7O/c19-12-1-2-27(9-15(12)22)18-26-16-3-13(20)14(21)4-17(16)28(18)8-11-6-23-10(5-24-11)7-25-29/h3-6,12,15H,1-2,7-9,22H2/t12-,15-/m1/s1. The molecule has 2 aromatic heterocycles. The number of rotatable bonds is 5. The molecule has 1 saturated heterocycles. The van der Waals surface area contributed by atoms with Gasteiger partial charge < -0.3 is 15.2 Å². The third-order valence-electron chi connectivity index (χ3n) is 4.93. The Kier molecular flexibility index (Phi) is 5.14. The average molecular weight is 405 g/mol. The molecule has 1 aliphatic rings. The zero-order valence-electron chi connectivity index (χ0n) is 15.3. The van der Waals surface area contributed by atoms with Crippen LogP contribution in [0.2, 0.25) is 0 Å². The Labute approximate surface area is 163 Å². The Bertz CT molecular complexity index is 1040. The molecule has 0 saturated carbocycles. The molecule has 0 aliphatic carbocycles. The zero-order chi connectivity index (χ0) is 20.5. The highest BCUT2D eigenvalue weighted by Crippen LogP contribution is 2.28. The summed E-state index contributed by atoms with van der Waals surface area (Å²) in [7, 11) is 0. The van der Waals surface area contributed by atoms with Crippen molar-refractivity contribution >= 4 is 17.0 Å². The van der Waals surface area contributed by atoms with E-state index in [2.05, 4.69) is 20.1 Å². The third-order valence-corrected chi connectivity index (χ3v) is 4.93. The first-order valence-corrected chi connectivity index (χ1v) is 9.05. The second-order valence-electron chi connectivity index (χ2n) is 6.95. The lowest BCUT2D eigenvalue weighted by atomic mass is 10.1. The number of hydrogen-bond donors (Lipinski definition) is 1. The Morgan fingerprint density at radius 2 is 1.90 bits per heavy atom. The van der Waals surface area contributed by atoms with Crippen LogP contribution in [-0.4, -0.2) is 44.8 Å². The van der Waals surface area contributed by atoms with Crippen LogP contribution in [0, 0.1) is 16.5 Å². The fraction of sp³-hybridized carbons (Fsp3) is 0.389. The van der Waals surface area contributed by atoms with Gasteiger partial charge in [-0.05, 0) is 6.42 Å². The number of alkyl halides is 1. The molecule has 0 bridgehead atoms. The van der Waals surface area contributed by atoms with Gasteiger partial charge >= 0.3 is 0 Å². The van der Waals surface area contributed by atoms with Gasteiger partial charge in [0.2, 0.25) is 5.95 Å². The molecule has 0 spiro atoms. The van der Waals surface area contributed by atoms with Crippen molar-refractivity contribution in [3.8, 4) is 0 Å². The predicted molar refractivity (Wildman–Crippen MR) is 100.0 cm³/mol. The van der Waals surface area contributed by atoms with Crippen molar-refractivity contribution < 1.29 is 13.2 Å². The largest absolute Gasteiger partial charge is 0.340 e. The summed E-state index contributed by atoms with van der Waals surface area (Å²) in [6.45, 7) is 0.681. The van der Waals surface area contributed by atoms with E-state index in [1.165, 1.54) is 12.4 Å². The van der Waals surface area contributed by atoms with Crippen LogP contribution in [0.5, 0.6) is 0 Å². The highest BCUT2D eigenvalue weighted by atomic mass is 19.2. The van der Waals surface area contributed by atoms with Crippen molar-refractivity contribution in [3.05, 3.63) is 52.5 Å². The third kappa shape index (κ3) is 3.77. The van der Waals surface area contributed by atoms with Crippen LogP contribution in [0.3, 0.4) is 0 Å². The van der Waals surface area contributed by atoms with E-state index in [4.69, 9.17) is 5.73 Å². The normalized spacial score (nSPS) is 19.7. The quantitative estimate of drug-likeness (QED) is 0.654. The summed E-state index contributed by atoms with van der Waals surface area (Å²) in [5.74, 6) is -1.57. The lowest BCUT2D eigenvalue weighted by molar-refractivity contribution is 0.243. The summed E-state index contributed by atoms with van der Waals surface area (Å²) < 4.78 is 43.1. The summed E-state index contributed by atoms with van der Waals surface area (Å²) in [5, 5.41) is 2.76. The second-order valence-corrected chi connectivity index (χ2v) is 6.95. The van der Waals surface area contributed by atoms with E-state index >= 15 is 0 Å². The molecule has 0 unspecified atom stereocenters. The van der Waals surface area contributed by atoms with Gasteiger partial charge in [0.05, 0.1) is 47.4 Å². The first kappa shape index (κ1) is 19.2. The molecule has 3 aromatic rings. The van der Waals surface area contributed by atoms with Crippen LogP contribution < -0.4 is 10.6 Å². The highest BCUT2D eigenvalue weighted by molar-refractivity contribution is 5.79. The predicted octanol–water partition coefficient (Wildman–Crippen LogP) is 2.29. The van der Waals surface area contributed by atoms with Crippen LogP contribution in [-0.2, 0) is 13.1 Å². The van der Waals surface area contributed by atoms with E-state index < -0.39 is 23.8 Å². The van der Waals surface area contributed by atoms with Crippen LogP contribution in [0.25, 0.3) is 11.0 Å². The summed E-state index contributed by atoms with van der Waals surface area (Å²) in [5.41, 5.74) is 7.45. The molecule has 2 N–H and O–H groups in total. The number of aromatic nitrogens is 4. The van der Waals surface area contributed by atoms with E-state index in [0.717, 1.165) is 12.1 Å². The van der Waals surface area contributed by atoms with Gasteiger partial charge in [0.15, 0.2) is 11.6 Å². The van der Waals surface area contributed by atoms with Gasteiger partial charge in [-0.1, -0.05) is 5.18 Å². The lowest BCUT2D eigenvalue weighted by Gasteiger charge is -2.34. The maximum atomic E-state index is 13.9. The van der Waals surface area contributed by atoms with Crippen molar-refractivity contribution in [3.63, 3.8) is 0 Å². The lowest BCUT2D eigenvalue weighted by Crippen LogP contribution is -2.50. The second kappa shape index (κ2) is 7.74. The smallest absolute Gasteiger partial charge is 0.206 e. The molecule has 8 nitrogen and oxygen atoms in total. The molecule has 0 amide bonds.